The number of benzene rings is 1. The Morgan fingerprint density at radius 2 is 2.00 bits per heavy atom. The third-order valence-corrected chi connectivity index (χ3v) is 5.01. The van der Waals surface area contributed by atoms with Crippen molar-refractivity contribution in [1.82, 2.24) is 24.9 Å². The number of amides is 2. The molecule has 1 aromatic heterocycles. The summed E-state index contributed by atoms with van der Waals surface area (Å²) in [4.78, 5) is 17.1. The summed E-state index contributed by atoms with van der Waals surface area (Å²) < 4.78 is 7.52. The van der Waals surface area contributed by atoms with Crippen LogP contribution in [0.3, 0.4) is 0 Å². The van der Waals surface area contributed by atoms with Crippen LogP contribution < -0.4 is 10.1 Å². The molecule has 7 heteroatoms. The van der Waals surface area contributed by atoms with Gasteiger partial charge in [-0.05, 0) is 49.7 Å². The molecule has 0 bridgehead atoms. The second-order valence-corrected chi connectivity index (χ2v) is 8.38. The summed E-state index contributed by atoms with van der Waals surface area (Å²) in [5, 5.41) is 7.63. The van der Waals surface area contributed by atoms with Gasteiger partial charge in [0.2, 0.25) is 0 Å². The number of nitrogens with one attached hydrogen (secondary N) is 1. The molecule has 0 spiro atoms. The molecule has 1 saturated heterocycles. The molecular formula is C22H33N5O2. The zero-order valence-electron chi connectivity index (χ0n) is 18.0. The summed E-state index contributed by atoms with van der Waals surface area (Å²) in [7, 11) is 3.97. The van der Waals surface area contributed by atoms with Crippen molar-refractivity contribution in [3.05, 3.63) is 47.8 Å². The maximum Gasteiger partial charge on any atom is 0.318 e. The molecule has 2 aromatic rings. The molecule has 1 atom stereocenters. The molecular weight excluding hydrogens is 366 g/mol. The standard InChI is InChI=1S/C22H33N5O2/c1-17(2)16-29-21-7-5-18(6-8-21)13-27(15-20-10-12-26(4)24-20)22(28)23-19-9-11-25(3)14-19/h5-8,10,12,17,19H,9,11,13-16H2,1-4H3,(H,23,28). The molecule has 0 saturated carbocycles. The quantitative estimate of drug-likeness (QED) is 0.741. The number of aromatic nitrogens is 2. The van der Waals surface area contributed by atoms with Crippen molar-refractivity contribution < 1.29 is 9.53 Å². The van der Waals surface area contributed by atoms with Crippen LogP contribution >= 0.6 is 0 Å². The van der Waals surface area contributed by atoms with E-state index in [0.29, 0.717) is 25.6 Å². The Hall–Kier alpha value is -2.54. The van der Waals surface area contributed by atoms with Gasteiger partial charge in [-0.25, -0.2) is 4.79 Å². The highest BCUT2D eigenvalue weighted by molar-refractivity contribution is 5.74. The van der Waals surface area contributed by atoms with Crippen LogP contribution in [0.25, 0.3) is 0 Å². The molecule has 29 heavy (non-hydrogen) atoms. The Morgan fingerprint density at radius 3 is 2.59 bits per heavy atom. The van der Waals surface area contributed by atoms with Gasteiger partial charge >= 0.3 is 6.03 Å². The average Bonchev–Trinajstić information content (AvgIpc) is 3.28. The normalized spacial score (nSPS) is 16.9. The number of aryl methyl sites for hydroxylation is 1. The lowest BCUT2D eigenvalue weighted by Crippen LogP contribution is -2.45. The third-order valence-electron chi connectivity index (χ3n) is 5.01. The predicted molar refractivity (Wildman–Crippen MR) is 114 cm³/mol. The molecule has 1 aliphatic heterocycles. The van der Waals surface area contributed by atoms with Crippen molar-refractivity contribution in [1.29, 1.82) is 0 Å². The van der Waals surface area contributed by atoms with Gasteiger partial charge in [0.05, 0.1) is 18.8 Å². The van der Waals surface area contributed by atoms with Crippen LogP contribution in [0.5, 0.6) is 5.75 Å². The molecule has 1 aromatic carbocycles. The van der Waals surface area contributed by atoms with Gasteiger partial charge in [-0.15, -0.1) is 0 Å². The summed E-state index contributed by atoms with van der Waals surface area (Å²) in [6.07, 6.45) is 2.89. The molecule has 2 heterocycles. The van der Waals surface area contributed by atoms with Crippen molar-refractivity contribution >= 4 is 6.03 Å². The van der Waals surface area contributed by atoms with Gasteiger partial charge in [-0.3, -0.25) is 4.68 Å². The van der Waals surface area contributed by atoms with E-state index in [9.17, 15) is 4.79 Å². The first-order valence-corrected chi connectivity index (χ1v) is 10.3. The molecule has 1 unspecified atom stereocenters. The first-order chi connectivity index (χ1) is 13.9. The molecule has 1 aliphatic rings. The molecule has 1 N–H and O–H groups in total. The van der Waals surface area contributed by atoms with Crippen molar-refractivity contribution in [3.63, 3.8) is 0 Å². The van der Waals surface area contributed by atoms with Crippen LogP contribution in [0.1, 0.15) is 31.5 Å². The maximum atomic E-state index is 13.0. The summed E-state index contributed by atoms with van der Waals surface area (Å²) in [6.45, 7) is 7.86. The molecule has 158 valence electrons. The van der Waals surface area contributed by atoms with E-state index in [1.54, 1.807) is 4.68 Å². The van der Waals surface area contributed by atoms with Crippen LogP contribution in [0, 0.1) is 5.92 Å². The van der Waals surface area contributed by atoms with Crippen LogP contribution in [0.2, 0.25) is 0 Å². The van der Waals surface area contributed by atoms with Crippen LogP contribution in [-0.4, -0.2) is 58.4 Å². The van der Waals surface area contributed by atoms with E-state index >= 15 is 0 Å². The summed E-state index contributed by atoms with van der Waals surface area (Å²) in [6, 6.07) is 10.1. The highest BCUT2D eigenvalue weighted by atomic mass is 16.5. The fourth-order valence-electron chi connectivity index (χ4n) is 3.44. The monoisotopic (exact) mass is 399 g/mol. The molecule has 0 radical (unpaired) electrons. The predicted octanol–water partition coefficient (Wildman–Crippen LogP) is 2.87. The molecule has 7 nitrogen and oxygen atoms in total. The van der Waals surface area contributed by atoms with E-state index in [2.05, 4.69) is 36.2 Å². The Balaban J connectivity index is 1.66. The van der Waals surface area contributed by atoms with Gasteiger partial charge in [-0.1, -0.05) is 26.0 Å². The van der Waals surface area contributed by atoms with E-state index in [0.717, 1.165) is 36.5 Å². The van der Waals surface area contributed by atoms with Crippen LogP contribution in [0.4, 0.5) is 4.79 Å². The number of likely N-dealkylation sites (N-methyl/N-ethyl adjacent to an activating group) is 1. The minimum absolute atomic E-state index is 0.0453. The zero-order chi connectivity index (χ0) is 20.8. The molecule has 1 fully saturated rings. The number of carbonyl (C=O) groups excluding carboxylic acids is 1. The zero-order valence-corrected chi connectivity index (χ0v) is 18.0. The highest BCUT2D eigenvalue weighted by Gasteiger charge is 2.24. The number of hydrogen-bond donors (Lipinski definition) is 1. The number of rotatable bonds is 8. The number of carbonyl (C=O) groups is 1. The topological polar surface area (TPSA) is 62.6 Å². The lowest BCUT2D eigenvalue weighted by molar-refractivity contribution is 0.187. The summed E-state index contributed by atoms with van der Waals surface area (Å²) in [5.74, 6) is 1.35. The van der Waals surface area contributed by atoms with Crippen molar-refractivity contribution in [3.8, 4) is 5.75 Å². The third kappa shape index (κ3) is 6.49. The fraction of sp³-hybridized carbons (Fsp3) is 0.545. The highest BCUT2D eigenvalue weighted by Crippen LogP contribution is 2.16. The fourth-order valence-corrected chi connectivity index (χ4v) is 3.44. The van der Waals surface area contributed by atoms with E-state index < -0.39 is 0 Å². The van der Waals surface area contributed by atoms with E-state index in [-0.39, 0.29) is 12.1 Å². The van der Waals surface area contributed by atoms with Gasteiger partial charge in [0.1, 0.15) is 5.75 Å². The Labute approximate surface area is 173 Å². The van der Waals surface area contributed by atoms with Crippen molar-refractivity contribution in [2.75, 3.05) is 26.7 Å². The Morgan fingerprint density at radius 1 is 1.24 bits per heavy atom. The Kier molecular flexibility index (Phi) is 7.14. The van der Waals surface area contributed by atoms with Gasteiger partial charge in [-0.2, -0.15) is 5.10 Å². The van der Waals surface area contributed by atoms with Gasteiger partial charge < -0.3 is 19.9 Å². The van der Waals surface area contributed by atoms with Gasteiger partial charge in [0.15, 0.2) is 0 Å². The van der Waals surface area contributed by atoms with E-state index in [4.69, 9.17) is 4.74 Å². The van der Waals surface area contributed by atoms with Crippen molar-refractivity contribution in [2.45, 2.75) is 39.4 Å². The lowest BCUT2D eigenvalue weighted by Gasteiger charge is -2.25. The van der Waals surface area contributed by atoms with Crippen molar-refractivity contribution in [2.24, 2.45) is 13.0 Å². The minimum Gasteiger partial charge on any atom is -0.493 e. The molecule has 3 rings (SSSR count). The number of likely N-dealkylation sites (tertiary alicyclic amines) is 1. The number of urea groups is 1. The SMILES string of the molecule is CC(C)COc1ccc(CN(Cc2ccn(C)n2)C(=O)NC2CCN(C)C2)cc1. The first kappa shape index (κ1) is 21.2. The molecule has 2 amide bonds. The lowest BCUT2D eigenvalue weighted by atomic mass is 10.2. The number of ether oxygens (including phenoxy) is 1. The van der Waals surface area contributed by atoms with Crippen LogP contribution in [-0.2, 0) is 20.1 Å². The minimum atomic E-state index is -0.0453. The summed E-state index contributed by atoms with van der Waals surface area (Å²) in [5.41, 5.74) is 1.94. The van der Waals surface area contributed by atoms with E-state index in [1.807, 2.05) is 48.5 Å². The smallest absolute Gasteiger partial charge is 0.318 e. The van der Waals surface area contributed by atoms with Crippen LogP contribution in [0.15, 0.2) is 36.5 Å². The number of hydrogen-bond acceptors (Lipinski definition) is 4. The van der Waals surface area contributed by atoms with Gasteiger partial charge in [0, 0.05) is 32.4 Å². The van der Waals surface area contributed by atoms with E-state index in [1.165, 1.54) is 0 Å². The molecule has 0 aliphatic carbocycles. The number of nitrogens with zero attached hydrogens (tertiary/aromatic N) is 4. The second kappa shape index (κ2) is 9.78. The average molecular weight is 400 g/mol. The maximum absolute atomic E-state index is 13.0. The summed E-state index contributed by atoms with van der Waals surface area (Å²) >= 11 is 0. The second-order valence-electron chi connectivity index (χ2n) is 8.38. The Bertz CT molecular complexity index is 787. The largest absolute Gasteiger partial charge is 0.493 e. The first-order valence-electron chi connectivity index (χ1n) is 10.3. The van der Waals surface area contributed by atoms with Gasteiger partial charge in [0.25, 0.3) is 0 Å².